The van der Waals surface area contributed by atoms with Crippen molar-refractivity contribution < 1.29 is 4.74 Å². The average Bonchev–Trinajstić information content (AvgIpc) is 2.42. The van der Waals surface area contributed by atoms with Gasteiger partial charge in [0.15, 0.2) is 0 Å². The van der Waals surface area contributed by atoms with Gasteiger partial charge in [-0.05, 0) is 37.6 Å². The predicted octanol–water partition coefficient (Wildman–Crippen LogP) is 5.55. The number of benzene rings is 2. The van der Waals surface area contributed by atoms with Crippen LogP contribution in [0.3, 0.4) is 0 Å². The Bertz CT molecular complexity index is 591. The summed E-state index contributed by atoms with van der Waals surface area (Å²) in [6.45, 7) is 7.92. The molecule has 2 aromatic rings. The van der Waals surface area contributed by atoms with Gasteiger partial charge in [0.05, 0.1) is 0 Å². The minimum atomic E-state index is 0.835. The van der Waals surface area contributed by atoms with Gasteiger partial charge in [0, 0.05) is 5.56 Å². The Hall–Kier alpha value is -2.28. The smallest absolute Gasteiger partial charge is 0.134 e. The van der Waals surface area contributed by atoms with Crippen LogP contribution in [0, 0.1) is 0 Å². The van der Waals surface area contributed by atoms with Crippen LogP contribution < -0.4 is 4.74 Å². The van der Waals surface area contributed by atoms with Crippen LogP contribution in [0.4, 0.5) is 0 Å². The first-order valence-corrected chi connectivity index (χ1v) is 6.36. The Kier molecular flexibility index (Phi) is 4.19. The molecule has 0 unspecified atom stereocenters. The minimum absolute atomic E-state index is 0.835. The van der Waals surface area contributed by atoms with Gasteiger partial charge in [0.2, 0.25) is 0 Å². The number of rotatable bonds is 4. The van der Waals surface area contributed by atoms with Crippen molar-refractivity contribution in [3.05, 3.63) is 72.3 Å². The molecular formula is C18H18O. The van der Waals surface area contributed by atoms with Gasteiger partial charge in [-0.2, -0.15) is 0 Å². The van der Waals surface area contributed by atoms with E-state index >= 15 is 0 Å². The van der Waals surface area contributed by atoms with Gasteiger partial charge in [-0.15, -0.1) is 0 Å². The molecule has 2 rings (SSSR count). The number of hydrogen-bond acceptors (Lipinski definition) is 1. The van der Waals surface area contributed by atoms with Crippen molar-refractivity contribution in [1.82, 2.24) is 0 Å². The maximum atomic E-state index is 5.92. The van der Waals surface area contributed by atoms with E-state index in [1.807, 2.05) is 74.5 Å². The van der Waals surface area contributed by atoms with Crippen LogP contribution in [0.5, 0.6) is 11.5 Å². The minimum Gasteiger partial charge on any atom is -0.457 e. The highest BCUT2D eigenvalue weighted by molar-refractivity contribution is 5.62. The summed E-state index contributed by atoms with van der Waals surface area (Å²) in [5.74, 6) is 1.70. The fourth-order valence-corrected chi connectivity index (χ4v) is 1.83. The monoisotopic (exact) mass is 250 g/mol. The van der Waals surface area contributed by atoms with Gasteiger partial charge in [-0.3, -0.25) is 0 Å². The molecule has 0 N–H and O–H groups in total. The van der Waals surface area contributed by atoms with Crippen molar-refractivity contribution in [1.29, 1.82) is 0 Å². The fourth-order valence-electron chi connectivity index (χ4n) is 1.83. The van der Waals surface area contributed by atoms with Crippen LogP contribution in [0.15, 0.2) is 61.2 Å². The molecule has 0 atom stereocenters. The van der Waals surface area contributed by atoms with E-state index in [1.54, 1.807) is 0 Å². The van der Waals surface area contributed by atoms with Crippen LogP contribution in [0.25, 0.3) is 11.6 Å². The van der Waals surface area contributed by atoms with Gasteiger partial charge in [-0.25, -0.2) is 0 Å². The third-order valence-electron chi connectivity index (χ3n) is 2.84. The first-order chi connectivity index (χ1) is 9.20. The molecule has 0 aliphatic rings. The molecule has 0 aliphatic heterocycles. The van der Waals surface area contributed by atoms with E-state index in [0.717, 1.165) is 28.2 Å². The summed E-state index contributed by atoms with van der Waals surface area (Å²) in [5.41, 5.74) is 3.27. The fraction of sp³-hybridized carbons (Fsp3) is 0.111. The standard InChI is InChI=1S/C18H18O/c1-4-7-16-8-5-6-9-18(16)19-17-12-10-15(11-13-17)14(2)3/h4-13H,2H2,1,3H3. The number of para-hydroxylation sites is 1. The lowest BCUT2D eigenvalue weighted by atomic mass is 10.1. The highest BCUT2D eigenvalue weighted by Gasteiger charge is 2.02. The number of ether oxygens (including phenoxy) is 1. The van der Waals surface area contributed by atoms with Crippen LogP contribution in [0.2, 0.25) is 0 Å². The Morgan fingerprint density at radius 2 is 1.74 bits per heavy atom. The van der Waals surface area contributed by atoms with E-state index in [-0.39, 0.29) is 0 Å². The number of allylic oxidation sites excluding steroid dienone is 2. The SMILES string of the molecule is C=C(C)c1ccc(Oc2ccccc2C=CC)cc1. The molecule has 0 radical (unpaired) electrons. The van der Waals surface area contributed by atoms with Crippen molar-refractivity contribution in [3.8, 4) is 11.5 Å². The quantitative estimate of drug-likeness (QED) is 0.691. The lowest BCUT2D eigenvalue weighted by Crippen LogP contribution is -1.87. The summed E-state index contributed by atoms with van der Waals surface area (Å²) in [4.78, 5) is 0. The first-order valence-electron chi connectivity index (χ1n) is 6.36. The predicted molar refractivity (Wildman–Crippen MR) is 82.4 cm³/mol. The molecule has 0 heterocycles. The van der Waals surface area contributed by atoms with E-state index in [1.165, 1.54) is 0 Å². The molecule has 96 valence electrons. The lowest BCUT2D eigenvalue weighted by molar-refractivity contribution is 0.481. The molecule has 1 heteroatoms. The summed E-state index contributed by atoms with van der Waals surface area (Å²) in [6, 6.07) is 16.0. The average molecular weight is 250 g/mol. The molecule has 0 fully saturated rings. The summed E-state index contributed by atoms with van der Waals surface area (Å²) in [7, 11) is 0. The third kappa shape index (κ3) is 3.35. The molecule has 1 nitrogen and oxygen atoms in total. The van der Waals surface area contributed by atoms with Crippen molar-refractivity contribution >= 4 is 11.6 Å². The van der Waals surface area contributed by atoms with E-state index < -0.39 is 0 Å². The second kappa shape index (κ2) is 6.05. The molecule has 2 aromatic carbocycles. The summed E-state index contributed by atoms with van der Waals surface area (Å²) < 4.78 is 5.92. The highest BCUT2D eigenvalue weighted by Crippen LogP contribution is 2.27. The maximum absolute atomic E-state index is 5.92. The molecule has 0 aromatic heterocycles. The number of hydrogen-bond donors (Lipinski definition) is 0. The molecule has 0 spiro atoms. The topological polar surface area (TPSA) is 9.23 Å². The van der Waals surface area contributed by atoms with Crippen LogP contribution in [0.1, 0.15) is 25.0 Å². The van der Waals surface area contributed by atoms with E-state index in [4.69, 9.17) is 4.74 Å². The molecule has 0 saturated heterocycles. The third-order valence-corrected chi connectivity index (χ3v) is 2.84. The zero-order chi connectivity index (χ0) is 13.7. The van der Waals surface area contributed by atoms with Crippen molar-refractivity contribution in [2.24, 2.45) is 0 Å². The Morgan fingerprint density at radius 1 is 1.05 bits per heavy atom. The molecular weight excluding hydrogens is 232 g/mol. The van der Waals surface area contributed by atoms with Crippen LogP contribution in [-0.4, -0.2) is 0 Å². The zero-order valence-corrected chi connectivity index (χ0v) is 11.4. The van der Waals surface area contributed by atoms with Crippen molar-refractivity contribution in [2.45, 2.75) is 13.8 Å². The zero-order valence-electron chi connectivity index (χ0n) is 11.4. The Labute approximate surface area is 114 Å². The lowest BCUT2D eigenvalue weighted by Gasteiger charge is -2.09. The van der Waals surface area contributed by atoms with Gasteiger partial charge in [0.1, 0.15) is 11.5 Å². The van der Waals surface area contributed by atoms with Crippen LogP contribution in [-0.2, 0) is 0 Å². The summed E-state index contributed by atoms with van der Waals surface area (Å²) in [5, 5.41) is 0. The largest absolute Gasteiger partial charge is 0.457 e. The van der Waals surface area contributed by atoms with Gasteiger partial charge in [0.25, 0.3) is 0 Å². The first kappa shape index (κ1) is 13.2. The molecule has 0 aliphatic carbocycles. The van der Waals surface area contributed by atoms with E-state index in [2.05, 4.69) is 6.58 Å². The van der Waals surface area contributed by atoms with E-state index in [9.17, 15) is 0 Å². The molecule has 0 amide bonds. The van der Waals surface area contributed by atoms with Gasteiger partial charge in [-0.1, -0.05) is 54.6 Å². The molecule has 19 heavy (non-hydrogen) atoms. The normalized spacial score (nSPS) is 10.6. The van der Waals surface area contributed by atoms with Crippen LogP contribution >= 0.6 is 0 Å². The second-order valence-electron chi connectivity index (χ2n) is 4.44. The van der Waals surface area contributed by atoms with Gasteiger partial charge < -0.3 is 4.74 Å². The van der Waals surface area contributed by atoms with Crippen molar-refractivity contribution in [3.63, 3.8) is 0 Å². The Balaban J connectivity index is 2.23. The van der Waals surface area contributed by atoms with Gasteiger partial charge >= 0.3 is 0 Å². The molecule has 0 bridgehead atoms. The maximum Gasteiger partial charge on any atom is 0.134 e. The summed E-state index contributed by atoms with van der Waals surface area (Å²) >= 11 is 0. The molecule has 0 saturated carbocycles. The summed E-state index contributed by atoms with van der Waals surface area (Å²) in [6.07, 6.45) is 4.05. The second-order valence-corrected chi connectivity index (χ2v) is 4.44. The Morgan fingerprint density at radius 3 is 2.37 bits per heavy atom. The highest BCUT2D eigenvalue weighted by atomic mass is 16.5. The van der Waals surface area contributed by atoms with E-state index in [0.29, 0.717) is 0 Å². The van der Waals surface area contributed by atoms with Crippen molar-refractivity contribution in [2.75, 3.05) is 0 Å².